The number of nitrogens with two attached hydrogens (primary N) is 1. The van der Waals surface area contributed by atoms with Crippen molar-refractivity contribution in [3.05, 3.63) is 29.3 Å². The highest BCUT2D eigenvalue weighted by Gasteiger charge is 2.26. The minimum Gasteiger partial charge on any atom is -0.399 e. The molecule has 2 rings (SSSR count). The minimum absolute atomic E-state index is 0.135. The topological polar surface area (TPSA) is 49.6 Å². The molecule has 4 nitrogen and oxygen atoms in total. The Kier molecular flexibility index (Phi) is 5.23. The monoisotopic (exact) mass is 289 g/mol. The van der Waals surface area contributed by atoms with E-state index in [-0.39, 0.29) is 5.91 Å². The van der Waals surface area contributed by atoms with E-state index in [4.69, 9.17) is 5.73 Å². The molecule has 1 aliphatic heterocycles. The molecule has 4 heteroatoms. The van der Waals surface area contributed by atoms with Crippen molar-refractivity contribution in [3.63, 3.8) is 0 Å². The van der Waals surface area contributed by atoms with Gasteiger partial charge in [0.2, 0.25) is 0 Å². The Morgan fingerprint density at radius 3 is 2.43 bits per heavy atom. The Hall–Kier alpha value is -1.55. The minimum atomic E-state index is 0.135. The summed E-state index contributed by atoms with van der Waals surface area (Å²) in [4.78, 5) is 17.0. The number of hydrogen-bond acceptors (Lipinski definition) is 3. The number of rotatable bonds is 4. The second kappa shape index (κ2) is 6.94. The van der Waals surface area contributed by atoms with Crippen molar-refractivity contribution in [2.75, 3.05) is 31.9 Å². The van der Waals surface area contributed by atoms with Crippen LogP contribution in [0.15, 0.2) is 18.2 Å². The molecule has 0 unspecified atom stereocenters. The normalized spacial score (nSPS) is 16.5. The van der Waals surface area contributed by atoms with Crippen LogP contribution in [-0.4, -0.2) is 47.9 Å². The highest BCUT2D eigenvalue weighted by molar-refractivity contribution is 5.95. The summed E-state index contributed by atoms with van der Waals surface area (Å²) < 4.78 is 0. The standard InChI is InChI=1S/C17H27N3O/c1-4-19(5-2)15-8-10-20(11-9-15)17(21)14-6-7-16(18)13(3)12-14/h6-7,12,15H,4-5,8-11,18H2,1-3H3. The number of nitrogen functional groups attached to an aromatic ring is 1. The van der Waals surface area contributed by atoms with Crippen LogP contribution in [0.4, 0.5) is 5.69 Å². The second-order valence-electron chi connectivity index (χ2n) is 5.82. The van der Waals surface area contributed by atoms with Crippen LogP contribution in [0.2, 0.25) is 0 Å². The maximum Gasteiger partial charge on any atom is 0.253 e. The third-order valence-electron chi connectivity index (χ3n) is 4.60. The number of carbonyl (C=O) groups is 1. The number of anilines is 1. The van der Waals surface area contributed by atoms with Crippen molar-refractivity contribution >= 4 is 11.6 Å². The number of amides is 1. The van der Waals surface area contributed by atoms with Gasteiger partial charge in [-0.15, -0.1) is 0 Å². The molecule has 21 heavy (non-hydrogen) atoms. The summed E-state index contributed by atoms with van der Waals surface area (Å²) in [7, 11) is 0. The Morgan fingerprint density at radius 2 is 1.90 bits per heavy atom. The summed E-state index contributed by atoms with van der Waals surface area (Å²) in [6.45, 7) is 10.2. The summed E-state index contributed by atoms with van der Waals surface area (Å²) in [6.07, 6.45) is 2.14. The molecule has 1 aromatic rings. The molecule has 0 aliphatic carbocycles. The molecule has 0 spiro atoms. The molecule has 116 valence electrons. The maximum absolute atomic E-state index is 12.6. The van der Waals surface area contributed by atoms with Crippen LogP contribution < -0.4 is 5.73 Å². The first-order valence-corrected chi connectivity index (χ1v) is 7.96. The molecule has 0 radical (unpaired) electrons. The van der Waals surface area contributed by atoms with E-state index in [1.165, 1.54) is 0 Å². The van der Waals surface area contributed by atoms with Crippen LogP contribution in [-0.2, 0) is 0 Å². The number of piperidine rings is 1. The molecule has 2 N–H and O–H groups in total. The van der Waals surface area contributed by atoms with Crippen molar-refractivity contribution in [1.82, 2.24) is 9.80 Å². The van der Waals surface area contributed by atoms with Crippen LogP contribution in [0, 0.1) is 6.92 Å². The fraction of sp³-hybridized carbons (Fsp3) is 0.588. The van der Waals surface area contributed by atoms with Crippen molar-refractivity contribution < 1.29 is 4.79 Å². The first-order valence-electron chi connectivity index (χ1n) is 7.96. The molecular weight excluding hydrogens is 262 g/mol. The van der Waals surface area contributed by atoms with E-state index in [9.17, 15) is 4.79 Å². The third-order valence-corrected chi connectivity index (χ3v) is 4.60. The SMILES string of the molecule is CCN(CC)C1CCN(C(=O)c2ccc(N)c(C)c2)CC1. The van der Waals surface area contributed by atoms with Gasteiger partial charge in [-0.25, -0.2) is 0 Å². The van der Waals surface area contributed by atoms with Gasteiger partial charge in [0, 0.05) is 30.4 Å². The molecule has 1 amide bonds. The Labute approximate surface area is 127 Å². The third kappa shape index (κ3) is 3.56. The number of nitrogens with zero attached hydrogens (tertiary/aromatic N) is 2. The average molecular weight is 289 g/mol. The van der Waals surface area contributed by atoms with Crippen molar-refractivity contribution in [3.8, 4) is 0 Å². The predicted molar refractivity (Wildman–Crippen MR) is 87.4 cm³/mol. The lowest BCUT2D eigenvalue weighted by Gasteiger charge is -2.37. The fourth-order valence-corrected chi connectivity index (χ4v) is 3.17. The Bertz CT molecular complexity index is 489. The Morgan fingerprint density at radius 1 is 1.29 bits per heavy atom. The smallest absolute Gasteiger partial charge is 0.253 e. The van der Waals surface area contributed by atoms with Gasteiger partial charge in [0.15, 0.2) is 0 Å². The van der Waals surface area contributed by atoms with Crippen LogP contribution in [0.3, 0.4) is 0 Å². The second-order valence-corrected chi connectivity index (χ2v) is 5.82. The summed E-state index contributed by atoms with van der Waals surface area (Å²) in [6, 6.07) is 6.18. The van der Waals surface area contributed by atoms with Gasteiger partial charge in [-0.1, -0.05) is 13.8 Å². The highest BCUT2D eigenvalue weighted by atomic mass is 16.2. The fourth-order valence-electron chi connectivity index (χ4n) is 3.17. The summed E-state index contributed by atoms with van der Waals surface area (Å²) >= 11 is 0. The van der Waals surface area contributed by atoms with Crippen molar-refractivity contribution in [2.45, 2.75) is 39.7 Å². The van der Waals surface area contributed by atoms with E-state index in [1.54, 1.807) is 0 Å². The molecule has 0 atom stereocenters. The molecule has 1 heterocycles. The van der Waals surface area contributed by atoms with Gasteiger partial charge >= 0.3 is 0 Å². The lowest BCUT2D eigenvalue weighted by molar-refractivity contribution is 0.0631. The van der Waals surface area contributed by atoms with Crippen molar-refractivity contribution in [2.24, 2.45) is 0 Å². The van der Waals surface area contributed by atoms with E-state index in [1.807, 2.05) is 30.0 Å². The van der Waals surface area contributed by atoms with Gasteiger partial charge in [0.05, 0.1) is 0 Å². The zero-order valence-electron chi connectivity index (χ0n) is 13.4. The summed E-state index contributed by atoms with van der Waals surface area (Å²) in [5.74, 6) is 0.135. The largest absolute Gasteiger partial charge is 0.399 e. The van der Waals surface area contributed by atoms with Crippen molar-refractivity contribution in [1.29, 1.82) is 0 Å². The lowest BCUT2D eigenvalue weighted by Crippen LogP contribution is -2.46. The van der Waals surface area contributed by atoms with Crippen LogP contribution in [0.1, 0.15) is 42.6 Å². The molecule has 0 bridgehead atoms. The first kappa shape index (κ1) is 15.8. The molecule has 1 aliphatic rings. The number of likely N-dealkylation sites (tertiary alicyclic amines) is 1. The van der Waals surface area contributed by atoms with Gasteiger partial charge < -0.3 is 15.5 Å². The number of carbonyl (C=O) groups excluding carboxylic acids is 1. The van der Waals surface area contributed by atoms with Crippen LogP contribution >= 0.6 is 0 Å². The molecular formula is C17H27N3O. The average Bonchev–Trinajstić information content (AvgIpc) is 2.51. The molecule has 1 fully saturated rings. The first-order chi connectivity index (χ1) is 10.1. The number of aryl methyl sites for hydroxylation is 1. The molecule has 0 aromatic heterocycles. The quantitative estimate of drug-likeness (QED) is 0.867. The number of hydrogen-bond donors (Lipinski definition) is 1. The highest BCUT2D eigenvalue weighted by Crippen LogP contribution is 2.20. The lowest BCUT2D eigenvalue weighted by atomic mass is 10.0. The molecule has 0 saturated carbocycles. The van der Waals surface area contributed by atoms with Crippen LogP contribution in [0.5, 0.6) is 0 Å². The van der Waals surface area contributed by atoms with Gasteiger partial charge in [-0.05, 0) is 56.6 Å². The van der Waals surface area contributed by atoms with Crippen LogP contribution in [0.25, 0.3) is 0 Å². The summed E-state index contributed by atoms with van der Waals surface area (Å²) in [5, 5.41) is 0. The molecule has 1 saturated heterocycles. The summed E-state index contributed by atoms with van der Waals surface area (Å²) in [5.41, 5.74) is 8.29. The number of benzene rings is 1. The zero-order chi connectivity index (χ0) is 15.4. The van der Waals surface area contributed by atoms with Gasteiger partial charge in [-0.2, -0.15) is 0 Å². The van der Waals surface area contributed by atoms with E-state index in [2.05, 4.69) is 18.7 Å². The predicted octanol–water partition coefficient (Wildman–Crippen LogP) is 2.52. The maximum atomic E-state index is 12.6. The van der Waals surface area contributed by atoms with Gasteiger partial charge in [-0.3, -0.25) is 4.79 Å². The Balaban J connectivity index is 1.98. The van der Waals surface area contributed by atoms with E-state index in [0.717, 1.165) is 55.8 Å². The van der Waals surface area contributed by atoms with E-state index < -0.39 is 0 Å². The van der Waals surface area contributed by atoms with Gasteiger partial charge in [0.1, 0.15) is 0 Å². The molecule has 1 aromatic carbocycles. The van der Waals surface area contributed by atoms with E-state index >= 15 is 0 Å². The van der Waals surface area contributed by atoms with Gasteiger partial charge in [0.25, 0.3) is 5.91 Å². The zero-order valence-corrected chi connectivity index (χ0v) is 13.4. The van der Waals surface area contributed by atoms with E-state index in [0.29, 0.717) is 6.04 Å².